The van der Waals surface area contributed by atoms with Gasteiger partial charge in [-0.2, -0.15) is 65.9 Å². The maximum absolute atomic E-state index is 14.0. The first-order valence-electron chi connectivity index (χ1n) is 9.29. The third-order valence-electron chi connectivity index (χ3n) is 4.78. The molecule has 1 unspecified atom stereocenters. The number of hydrogen-bond donors (Lipinski definition) is 0. The van der Waals surface area contributed by atoms with Crippen molar-refractivity contribution in [3.05, 3.63) is 0 Å². The number of rotatable bonds is 13. The van der Waals surface area contributed by atoms with Crippen molar-refractivity contribution < 1.29 is 65.9 Å². The second-order valence-corrected chi connectivity index (χ2v) is 10.4. The summed E-state index contributed by atoms with van der Waals surface area (Å²) in [6, 6.07) is 0. The zero-order valence-corrected chi connectivity index (χ0v) is 19.2. The first kappa shape index (κ1) is 32.7. The van der Waals surface area contributed by atoms with Crippen LogP contribution in [0.15, 0.2) is 0 Å². The van der Waals surface area contributed by atoms with Crippen LogP contribution >= 0.6 is 22.6 Å². The Balaban J connectivity index is 6.03. The van der Waals surface area contributed by atoms with Crippen molar-refractivity contribution in [2.24, 2.45) is 0 Å². The Kier molecular flexibility index (Phi) is 9.88. The van der Waals surface area contributed by atoms with Crippen LogP contribution in [0.3, 0.4) is 0 Å². The second-order valence-electron chi connectivity index (χ2n) is 7.83. The number of hydrogen-bond acceptors (Lipinski definition) is 0. The predicted molar refractivity (Wildman–Crippen MR) is 96.2 cm³/mol. The van der Waals surface area contributed by atoms with E-state index in [-0.39, 0.29) is 12.8 Å². The SMILES string of the molecule is CCCCCCCC(C)(I)CC(F)(F)C(F)(F)C(F)(F)C(F)(F)C(F)(F)C(F)(F)C(F)(F)F. The standard InChI is InChI=1S/C17H20F15I/c1-3-4-5-6-7-8-10(2,33)9-11(18,19)12(20,21)13(22,23)14(24,25)15(26,27)16(28,29)17(30,31)32/h3-9H2,1-2H3. The molecule has 200 valence electrons. The van der Waals surface area contributed by atoms with Gasteiger partial charge in [-0.15, -0.1) is 0 Å². The molecule has 0 saturated heterocycles. The molecule has 0 fully saturated rings. The highest BCUT2D eigenvalue weighted by molar-refractivity contribution is 14.1. The Morgan fingerprint density at radius 1 is 0.515 bits per heavy atom. The van der Waals surface area contributed by atoms with Crippen molar-refractivity contribution in [2.45, 2.75) is 104 Å². The maximum atomic E-state index is 14.0. The lowest BCUT2D eigenvalue weighted by Crippen LogP contribution is -2.72. The molecule has 0 rings (SSSR count). The summed E-state index contributed by atoms with van der Waals surface area (Å²) in [7, 11) is 0. The van der Waals surface area contributed by atoms with E-state index < -0.39 is 51.6 Å². The van der Waals surface area contributed by atoms with Gasteiger partial charge in [-0.25, -0.2) is 0 Å². The van der Waals surface area contributed by atoms with Gasteiger partial charge < -0.3 is 0 Å². The molecule has 0 aliphatic heterocycles. The molecule has 0 amide bonds. The van der Waals surface area contributed by atoms with Crippen LogP contribution in [0.4, 0.5) is 65.9 Å². The Bertz CT molecular complexity index is 637. The second kappa shape index (κ2) is 9.97. The summed E-state index contributed by atoms with van der Waals surface area (Å²) in [6.07, 6.45) is -7.58. The normalized spacial score (nSPS) is 17.3. The highest BCUT2D eigenvalue weighted by atomic mass is 127. The van der Waals surface area contributed by atoms with Crippen molar-refractivity contribution >= 4 is 22.6 Å². The van der Waals surface area contributed by atoms with Gasteiger partial charge in [0.1, 0.15) is 0 Å². The van der Waals surface area contributed by atoms with E-state index in [9.17, 15) is 65.9 Å². The topological polar surface area (TPSA) is 0 Å². The number of alkyl halides is 16. The highest BCUT2D eigenvalue weighted by Crippen LogP contribution is 2.63. The summed E-state index contributed by atoms with van der Waals surface area (Å²) in [5, 5.41) is 0. The third-order valence-corrected chi connectivity index (χ3v) is 5.71. The van der Waals surface area contributed by atoms with Gasteiger partial charge in [0.05, 0.1) is 0 Å². The predicted octanol–water partition coefficient (Wildman–Crippen LogP) is 9.30. The summed E-state index contributed by atoms with van der Waals surface area (Å²) in [5.74, 6) is -46.0. The summed E-state index contributed by atoms with van der Waals surface area (Å²) in [5.41, 5.74) is 0. The molecular formula is C17H20F15I. The van der Waals surface area contributed by atoms with Gasteiger partial charge in [-0.1, -0.05) is 68.5 Å². The van der Waals surface area contributed by atoms with Crippen LogP contribution in [0.2, 0.25) is 0 Å². The minimum Gasteiger partial charge on any atom is -0.200 e. The molecule has 0 N–H and O–H groups in total. The zero-order valence-electron chi connectivity index (χ0n) is 17.0. The molecule has 1 atom stereocenters. The Morgan fingerprint density at radius 3 is 1.27 bits per heavy atom. The van der Waals surface area contributed by atoms with Crippen molar-refractivity contribution in [3.63, 3.8) is 0 Å². The van der Waals surface area contributed by atoms with E-state index >= 15 is 0 Å². The van der Waals surface area contributed by atoms with E-state index in [2.05, 4.69) is 0 Å². The molecule has 0 aromatic carbocycles. The average Bonchev–Trinajstić information content (AvgIpc) is 2.58. The van der Waals surface area contributed by atoms with Crippen molar-refractivity contribution in [1.29, 1.82) is 0 Å². The average molecular weight is 636 g/mol. The van der Waals surface area contributed by atoms with Gasteiger partial charge in [0, 0.05) is 9.84 Å². The largest absolute Gasteiger partial charge is 0.460 e. The monoisotopic (exact) mass is 636 g/mol. The Hall–Kier alpha value is -0.320. The van der Waals surface area contributed by atoms with E-state index in [1.54, 1.807) is 0 Å². The quantitative estimate of drug-likeness (QED) is 0.0819. The molecule has 0 saturated carbocycles. The summed E-state index contributed by atoms with van der Waals surface area (Å²) < 4.78 is 196. The minimum absolute atomic E-state index is 0.115. The lowest BCUT2D eigenvalue weighted by Gasteiger charge is -2.42. The fourth-order valence-electron chi connectivity index (χ4n) is 2.76. The molecule has 0 aliphatic carbocycles. The van der Waals surface area contributed by atoms with Crippen molar-refractivity contribution in [1.82, 2.24) is 0 Å². The highest BCUT2D eigenvalue weighted by Gasteiger charge is 2.93. The molecule has 0 heterocycles. The molecule has 0 spiro atoms. The van der Waals surface area contributed by atoms with Crippen LogP contribution < -0.4 is 0 Å². The molecular weight excluding hydrogens is 616 g/mol. The van der Waals surface area contributed by atoms with Crippen LogP contribution in [0, 0.1) is 0 Å². The molecule has 0 bridgehead atoms. The third kappa shape index (κ3) is 6.09. The van der Waals surface area contributed by atoms with Gasteiger partial charge in [-0.05, 0) is 6.42 Å². The smallest absolute Gasteiger partial charge is 0.200 e. The van der Waals surface area contributed by atoms with Crippen LogP contribution in [0.5, 0.6) is 0 Å². The number of halogens is 16. The summed E-state index contributed by atoms with van der Waals surface area (Å²) in [4.78, 5) is 0. The van der Waals surface area contributed by atoms with Crippen LogP contribution in [0.25, 0.3) is 0 Å². The lowest BCUT2D eigenvalue weighted by atomic mass is 9.86. The molecule has 0 aromatic heterocycles. The van der Waals surface area contributed by atoms with Gasteiger partial charge in [-0.3, -0.25) is 0 Å². The summed E-state index contributed by atoms with van der Waals surface area (Å²) in [6.45, 7) is 2.68. The van der Waals surface area contributed by atoms with E-state index in [0.29, 0.717) is 12.8 Å². The maximum Gasteiger partial charge on any atom is 0.460 e. The zero-order chi connectivity index (χ0) is 26.9. The Labute approximate surface area is 192 Å². The van der Waals surface area contributed by atoms with Gasteiger partial charge >= 0.3 is 41.7 Å². The molecule has 16 heteroatoms. The lowest BCUT2D eigenvalue weighted by molar-refractivity contribution is -0.452. The first-order chi connectivity index (χ1) is 14.3. The molecule has 0 aliphatic rings. The van der Waals surface area contributed by atoms with Crippen LogP contribution in [-0.2, 0) is 0 Å². The van der Waals surface area contributed by atoms with Gasteiger partial charge in [0.2, 0.25) is 0 Å². The van der Waals surface area contributed by atoms with E-state index in [1.165, 1.54) is 0 Å². The minimum atomic E-state index is -8.23. The van der Waals surface area contributed by atoms with Gasteiger partial charge in [0.15, 0.2) is 0 Å². The van der Waals surface area contributed by atoms with Crippen LogP contribution in [0.1, 0.15) is 58.8 Å². The van der Waals surface area contributed by atoms with Crippen molar-refractivity contribution in [3.8, 4) is 0 Å². The van der Waals surface area contributed by atoms with E-state index in [0.717, 1.165) is 42.4 Å². The fourth-order valence-corrected chi connectivity index (χ4v) is 3.62. The van der Waals surface area contributed by atoms with Crippen molar-refractivity contribution in [2.75, 3.05) is 0 Å². The van der Waals surface area contributed by atoms with E-state index in [4.69, 9.17) is 0 Å². The molecule has 0 aromatic rings. The molecule has 0 nitrogen and oxygen atoms in total. The summed E-state index contributed by atoms with van der Waals surface area (Å²) >= 11 is 1.13. The van der Waals surface area contributed by atoms with Gasteiger partial charge in [0.25, 0.3) is 0 Å². The van der Waals surface area contributed by atoms with Crippen LogP contribution in [-0.4, -0.2) is 45.1 Å². The van der Waals surface area contributed by atoms with E-state index in [1.807, 2.05) is 6.92 Å². The molecule has 33 heavy (non-hydrogen) atoms. The first-order valence-corrected chi connectivity index (χ1v) is 10.4. The number of unbranched alkanes of at least 4 members (excludes halogenated alkanes) is 4. The fraction of sp³-hybridized carbons (Fsp3) is 1.00. The molecule has 0 radical (unpaired) electrons. The Morgan fingerprint density at radius 2 is 0.879 bits per heavy atom.